The highest BCUT2D eigenvalue weighted by molar-refractivity contribution is 5.32. The van der Waals surface area contributed by atoms with Gasteiger partial charge in [0.05, 0.1) is 0 Å². The van der Waals surface area contributed by atoms with E-state index in [0.29, 0.717) is 5.92 Å². The summed E-state index contributed by atoms with van der Waals surface area (Å²) in [6, 6.07) is 21.6. The standard InChI is InChI=1S/C19H25N/c1-2-3-10-15-20-16-19(17-11-6-4-7-12-17)18-13-8-5-9-14-18/h4-9,11-14,19-20H,2-3,10,15-16H2,1H3. The zero-order chi connectivity index (χ0) is 14.0. The van der Waals surface area contributed by atoms with Crippen molar-refractivity contribution in [3.63, 3.8) is 0 Å². The molecule has 2 aromatic carbocycles. The maximum absolute atomic E-state index is 3.62. The van der Waals surface area contributed by atoms with Gasteiger partial charge in [-0.25, -0.2) is 0 Å². The van der Waals surface area contributed by atoms with Crippen LogP contribution in [-0.4, -0.2) is 13.1 Å². The number of hydrogen-bond donors (Lipinski definition) is 1. The summed E-state index contributed by atoms with van der Waals surface area (Å²) in [5.74, 6) is 0.444. The van der Waals surface area contributed by atoms with E-state index < -0.39 is 0 Å². The Hall–Kier alpha value is -1.60. The molecule has 0 saturated carbocycles. The number of hydrogen-bond acceptors (Lipinski definition) is 1. The van der Waals surface area contributed by atoms with Crippen LogP contribution in [0.3, 0.4) is 0 Å². The molecule has 0 aliphatic carbocycles. The van der Waals surface area contributed by atoms with E-state index in [1.807, 2.05) is 0 Å². The molecule has 2 aromatic rings. The second-order valence-corrected chi connectivity index (χ2v) is 5.29. The van der Waals surface area contributed by atoms with Crippen molar-refractivity contribution in [2.24, 2.45) is 0 Å². The van der Waals surface area contributed by atoms with Gasteiger partial charge in [-0.15, -0.1) is 0 Å². The fourth-order valence-electron chi connectivity index (χ4n) is 2.55. The smallest absolute Gasteiger partial charge is 0.0214 e. The summed E-state index contributed by atoms with van der Waals surface area (Å²) in [6.07, 6.45) is 3.86. The zero-order valence-corrected chi connectivity index (χ0v) is 12.4. The van der Waals surface area contributed by atoms with Crippen LogP contribution in [-0.2, 0) is 0 Å². The molecule has 0 aromatic heterocycles. The lowest BCUT2D eigenvalue weighted by Crippen LogP contribution is -2.23. The van der Waals surface area contributed by atoms with E-state index in [0.717, 1.165) is 13.1 Å². The Morgan fingerprint density at radius 1 is 0.800 bits per heavy atom. The molecular weight excluding hydrogens is 242 g/mol. The average Bonchev–Trinajstić information content (AvgIpc) is 2.53. The van der Waals surface area contributed by atoms with Gasteiger partial charge in [-0.05, 0) is 24.1 Å². The van der Waals surface area contributed by atoms with Crippen LogP contribution < -0.4 is 5.32 Å². The fraction of sp³-hybridized carbons (Fsp3) is 0.368. The molecule has 1 nitrogen and oxygen atoms in total. The van der Waals surface area contributed by atoms with Crippen molar-refractivity contribution in [3.8, 4) is 0 Å². The summed E-state index contributed by atoms with van der Waals surface area (Å²) in [6.45, 7) is 4.37. The van der Waals surface area contributed by atoms with Gasteiger partial charge >= 0.3 is 0 Å². The fourth-order valence-corrected chi connectivity index (χ4v) is 2.55. The van der Waals surface area contributed by atoms with Crippen LogP contribution in [0, 0.1) is 0 Å². The van der Waals surface area contributed by atoms with E-state index in [-0.39, 0.29) is 0 Å². The van der Waals surface area contributed by atoms with E-state index in [1.54, 1.807) is 0 Å². The number of unbranched alkanes of at least 4 members (excludes halogenated alkanes) is 2. The van der Waals surface area contributed by atoms with E-state index in [9.17, 15) is 0 Å². The Kier molecular flexibility index (Phi) is 6.33. The normalized spacial score (nSPS) is 10.9. The lowest BCUT2D eigenvalue weighted by molar-refractivity contribution is 0.591. The Labute approximate surface area is 123 Å². The first-order valence-corrected chi connectivity index (χ1v) is 7.72. The van der Waals surface area contributed by atoms with Crippen molar-refractivity contribution in [2.75, 3.05) is 13.1 Å². The van der Waals surface area contributed by atoms with Gasteiger partial charge in [0.15, 0.2) is 0 Å². The second kappa shape index (κ2) is 8.55. The molecule has 0 radical (unpaired) electrons. The summed E-state index contributed by atoms with van der Waals surface area (Å²) >= 11 is 0. The molecule has 1 heteroatoms. The second-order valence-electron chi connectivity index (χ2n) is 5.29. The summed E-state index contributed by atoms with van der Waals surface area (Å²) in [7, 11) is 0. The van der Waals surface area contributed by atoms with Gasteiger partial charge in [0.25, 0.3) is 0 Å². The Morgan fingerprint density at radius 2 is 1.35 bits per heavy atom. The molecule has 106 valence electrons. The lowest BCUT2D eigenvalue weighted by atomic mass is 9.91. The van der Waals surface area contributed by atoms with Crippen LogP contribution in [0.2, 0.25) is 0 Å². The predicted octanol–water partition coefficient (Wildman–Crippen LogP) is 4.60. The number of benzene rings is 2. The minimum absolute atomic E-state index is 0.444. The van der Waals surface area contributed by atoms with E-state index in [2.05, 4.69) is 72.9 Å². The van der Waals surface area contributed by atoms with Gasteiger partial charge < -0.3 is 5.32 Å². The van der Waals surface area contributed by atoms with Gasteiger partial charge in [-0.3, -0.25) is 0 Å². The van der Waals surface area contributed by atoms with E-state index in [1.165, 1.54) is 30.4 Å². The monoisotopic (exact) mass is 267 g/mol. The molecule has 0 aliphatic rings. The maximum Gasteiger partial charge on any atom is 0.0214 e. The SMILES string of the molecule is CCCCCNCC(c1ccccc1)c1ccccc1. The highest BCUT2D eigenvalue weighted by Gasteiger charge is 2.12. The van der Waals surface area contributed by atoms with Crippen LogP contribution in [0.1, 0.15) is 43.2 Å². The molecule has 0 bridgehead atoms. The molecular formula is C19H25N. The first kappa shape index (κ1) is 14.8. The molecule has 0 aliphatic heterocycles. The molecule has 0 fully saturated rings. The minimum Gasteiger partial charge on any atom is -0.316 e. The quantitative estimate of drug-likeness (QED) is 0.689. The van der Waals surface area contributed by atoms with Crippen LogP contribution in [0.25, 0.3) is 0 Å². The van der Waals surface area contributed by atoms with Crippen LogP contribution >= 0.6 is 0 Å². The van der Waals surface area contributed by atoms with Crippen LogP contribution in [0.15, 0.2) is 60.7 Å². The molecule has 1 N–H and O–H groups in total. The molecule has 0 spiro atoms. The van der Waals surface area contributed by atoms with Crippen molar-refractivity contribution >= 4 is 0 Å². The first-order valence-electron chi connectivity index (χ1n) is 7.72. The third kappa shape index (κ3) is 4.50. The Morgan fingerprint density at radius 3 is 1.85 bits per heavy atom. The molecule has 20 heavy (non-hydrogen) atoms. The number of rotatable bonds is 8. The summed E-state index contributed by atoms with van der Waals surface area (Å²) in [5, 5.41) is 3.62. The van der Waals surface area contributed by atoms with Gasteiger partial charge in [-0.2, -0.15) is 0 Å². The van der Waals surface area contributed by atoms with Crippen LogP contribution in [0.4, 0.5) is 0 Å². The average molecular weight is 267 g/mol. The van der Waals surface area contributed by atoms with Gasteiger partial charge in [0, 0.05) is 12.5 Å². The zero-order valence-electron chi connectivity index (χ0n) is 12.4. The molecule has 0 saturated heterocycles. The van der Waals surface area contributed by atoms with Crippen molar-refractivity contribution in [2.45, 2.75) is 32.1 Å². The molecule has 2 rings (SSSR count). The predicted molar refractivity (Wildman–Crippen MR) is 87.1 cm³/mol. The first-order chi connectivity index (χ1) is 9.92. The summed E-state index contributed by atoms with van der Waals surface area (Å²) < 4.78 is 0. The van der Waals surface area contributed by atoms with Gasteiger partial charge in [0.2, 0.25) is 0 Å². The third-order valence-electron chi connectivity index (χ3n) is 3.71. The summed E-state index contributed by atoms with van der Waals surface area (Å²) in [4.78, 5) is 0. The van der Waals surface area contributed by atoms with E-state index in [4.69, 9.17) is 0 Å². The van der Waals surface area contributed by atoms with Crippen molar-refractivity contribution in [3.05, 3.63) is 71.8 Å². The largest absolute Gasteiger partial charge is 0.316 e. The lowest BCUT2D eigenvalue weighted by Gasteiger charge is -2.19. The van der Waals surface area contributed by atoms with Crippen molar-refractivity contribution < 1.29 is 0 Å². The Balaban J connectivity index is 2.02. The Bertz CT molecular complexity index is 424. The van der Waals surface area contributed by atoms with Crippen molar-refractivity contribution in [1.82, 2.24) is 5.32 Å². The van der Waals surface area contributed by atoms with Crippen molar-refractivity contribution in [1.29, 1.82) is 0 Å². The van der Waals surface area contributed by atoms with E-state index >= 15 is 0 Å². The topological polar surface area (TPSA) is 12.0 Å². The van der Waals surface area contributed by atoms with Gasteiger partial charge in [0.1, 0.15) is 0 Å². The minimum atomic E-state index is 0.444. The molecule has 0 amide bonds. The molecule has 0 heterocycles. The number of nitrogens with one attached hydrogen (secondary N) is 1. The molecule has 0 atom stereocenters. The highest BCUT2D eigenvalue weighted by Crippen LogP contribution is 2.23. The maximum atomic E-state index is 3.62. The third-order valence-corrected chi connectivity index (χ3v) is 3.71. The highest BCUT2D eigenvalue weighted by atomic mass is 14.9. The van der Waals surface area contributed by atoms with Crippen LogP contribution in [0.5, 0.6) is 0 Å². The summed E-state index contributed by atoms with van der Waals surface area (Å²) in [5.41, 5.74) is 2.78. The molecule has 0 unspecified atom stereocenters. The van der Waals surface area contributed by atoms with Gasteiger partial charge in [-0.1, -0.05) is 80.4 Å².